The molecule has 1 N–H and O–H groups in total. The SMILES string of the molecule is C=CC(=O)N1CCN(Cc2ccc(NS(=O)(=O)c3ccc(C)c(C)c3)cc2)CC1. The molecule has 2 aromatic carbocycles. The highest BCUT2D eigenvalue weighted by Gasteiger charge is 2.19. The van der Waals surface area contributed by atoms with Crippen LogP contribution in [-0.4, -0.2) is 50.3 Å². The Kier molecular flexibility index (Phi) is 6.39. The van der Waals surface area contributed by atoms with Gasteiger partial charge >= 0.3 is 0 Å². The molecule has 0 aromatic heterocycles. The molecule has 1 aliphatic rings. The van der Waals surface area contributed by atoms with Crippen molar-refractivity contribution in [2.45, 2.75) is 25.3 Å². The number of rotatable bonds is 6. The molecular weight excluding hydrogens is 386 g/mol. The smallest absolute Gasteiger partial charge is 0.261 e. The fourth-order valence-corrected chi connectivity index (χ4v) is 4.43. The molecule has 2 aromatic rings. The van der Waals surface area contributed by atoms with Gasteiger partial charge in [-0.3, -0.25) is 14.4 Å². The summed E-state index contributed by atoms with van der Waals surface area (Å²) in [7, 11) is -3.62. The summed E-state index contributed by atoms with van der Waals surface area (Å²) in [6.07, 6.45) is 1.35. The summed E-state index contributed by atoms with van der Waals surface area (Å²) in [6, 6.07) is 12.5. The highest BCUT2D eigenvalue weighted by atomic mass is 32.2. The molecule has 3 rings (SSSR count). The maximum atomic E-state index is 12.6. The Morgan fingerprint density at radius 2 is 1.69 bits per heavy atom. The van der Waals surface area contributed by atoms with E-state index in [4.69, 9.17) is 0 Å². The van der Waals surface area contributed by atoms with Crippen LogP contribution >= 0.6 is 0 Å². The van der Waals surface area contributed by atoms with Crippen molar-refractivity contribution in [1.82, 2.24) is 9.80 Å². The van der Waals surface area contributed by atoms with Crippen molar-refractivity contribution in [3.8, 4) is 0 Å². The second kappa shape index (κ2) is 8.80. The number of sulfonamides is 1. The van der Waals surface area contributed by atoms with Crippen LogP contribution in [0.15, 0.2) is 60.0 Å². The van der Waals surface area contributed by atoms with Crippen molar-refractivity contribution >= 4 is 21.6 Å². The average molecular weight is 414 g/mol. The van der Waals surface area contributed by atoms with E-state index in [1.54, 1.807) is 29.2 Å². The zero-order valence-electron chi connectivity index (χ0n) is 16.9. The van der Waals surface area contributed by atoms with Crippen molar-refractivity contribution < 1.29 is 13.2 Å². The highest BCUT2D eigenvalue weighted by molar-refractivity contribution is 7.92. The number of nitrogens with zero attached hydrogens (tertiary/aromatic N) is 2. The number of piperazine rings is 1. The normalized spacial score (nSPS) is 15.2. The fraction of sp³-hybridized carbons (Fsp3) is 0.318. The van der Waals surface area contributed by atoms with Crippen LogP contribution in [0.2, 0.25) is 0 Å². The minimum atomic E-state index is -3.62. The first-order chi connectivity index (χ1) is 13.8. The number of nitrogens with one attached hydrogen (secondary N) is 1. The van der Waals surface area contributed by atoms with E-state index in [1.807, 2.05) is 32.0 Å². The molecule has 1 aliphatic heterocycles. The lowest BCUT2D eigenvalue weighted by atomic mass is 10.1. The summed E-state index contributed by atoms with van der Waals surface area (Å²) >= 11 is 0. The van der Waals surface area contributed by atoms with Crippen LogP contribution in [0.4, 0.5) is 5.69 Å². The van der Waals surface area contributed by atoms with E-state index in [-0.39, 0.29) is 10.8 Å². The van der Waals surface area contributed by atoms with Gasteiger partial charge in [0.05, 0.1) is 4.90 Å². The van der Waals surface area contributed by atoms with Gasteiger partial charge in [-0.05, 0) is 60.9 Å². The summed E-state index contributed by atoms with van der Waals surface area (Å²) in [5, 5.41) is 0. The minimum absolute atomic E-state index is 0.0231. The van der Waals surface area contributed by atoms with E-state index < -0.39 is 10.0 Å². The first-order valence-electron chi connectivity index (χ1n) is 9.61. The van der Waals surface area contributed by atoms with Crippen molar-refractivity contribution in [2.24, 2.45) is 0 Å². The first kappa shape index (κ1) is 21.1. The van der Waals surface area contributed by atoms with Crippen LogP contribution in [0.5, 0.6) is 0 Å². The predicted octanol–water partition coefficient (Wildman–Crippen LogP) is 2.93. The Morgan fingerprint density at radius 3 is 2.28 bits per heavy atom. The molecule has 6 nitrogen and oxygen atoms in total. The molecule has 1 saturated heterocycles. The molecule has 1 heterocycles. The molecule has 0 atom stereocenters. The van der Waals surface area contributed by atoms with E-state index in [2.05, 4.69) is 16.2 Å². The number of aryl methyl sites for hydroxylation is 2. The molecule has 1 amide bonds. The number of hydrogen-bond donors (Lipinski definition) is 1. The second-order valence-electron chi connectivity index (χ2n) is 7.35. The van der Waals surface area contributed by atoms with Gasteiger partial charge in [0.15, 0.2) is 0 Å². The summed E-state index contributed by atoms with van der Waals surface area (Å²) in [5.74, 6) is -0.0231. The van der Waals surface area contributed by atoms with E-state index in [0.717, 1.165) is 36.3 Å². The fourth-order valence-electron chi connectivity index (χ4n) is 3.29. The van der Waals surface area contributed by atoms with Crippen LogP contribution in [0.3, 0.4) is 0 Å². The maximum Gasteiger partial charge on any atom is 0.261 e. The van der Waals surface area contributed by atoms with Gasteiger partial charge in [0, 0.05) is 38.4 Å². The third-order valence-electron chi connectivity index (χ3n) is 5.26. The number of benzene rings is 2. The molecule has 154 valence electrons. The topological polar surface area (TPSA) is 69.7 Å². The van der Waals surface area contributed by atoms with Gasteiger partial charge in [0.2, 0.25) is 5.91 Å². The summed E-state index contributed by atoms with van der Waals surface area (Å²) in [4.78, 5) is 16.0. The molecule has 0 saturated carbocycles. The second-order valence-corrected chi connectivity index (χ2v) is 9.04. The van der Waals surface area contributed by atoms with Crippen LogP contribution in [0.1, 0.15) is 16.7 Å². The zero-order chi connectivity index (χ0) is 21.0. The largest absolute Gasteiger partial charge is 0.337 e. The molecule has 1 fully saturated rings. The van der Waals surface area contributed by atoms with Gasteiger partial charge in [-0.2, -0.15) is 0 Å². The Hall–Kier alpha value is -2.64. The molecular formula is C22H27N3O3S. The molecule has 0 unspecified atom stereocenters. The number of amides is 1. The first-order valence-corrected chi connectivity index (χ1v) is 11.1. The zero-order valence-corrected chi connectivity index (χ0v) is 17.7. The third-order valence-corrected chi connectivity index (χ3v) is 6.64. The molecule has 0 radical (unpaired) electrons. The third kappa shape index (κ3) is 5.25. The lowest BCUT2D eigenvalue weighted by molar-refractivity contribution is -0.127. The van der Waals surface area contributed by atoms with Crippen LogP contribution < -0.4 is 4.72 Å². The number of carbonyl (C=O) groups excluding carboxylic acids is 1. The number of carbonyl (C=O) groups is 1. The average Bonchev–Trinajstić information content (AvgIpc) is 2.71. The minimum Gasteiger partial charge on any atom is -0.337 e. The highest BCUT2D eigenvalue weighted by Crippen LogP contribution is 2.20. The number of hydrogen-bond acceptors (Lipinski definition) is 4. The van der Waals surface area contributed by atoms with Gasteiger partial charge in [-0.25, -0.2) is 8.42 Å². The summed E-state index contributed by atoms with van der Waals surface area (Å²) in [6.45, 7) is 11.1. The van der Waals surface area contributed by atoms with Gasteiger partial charge in [-0.15, -0.1) is 0 Å². The van der Waals surface area contributed by atoms with Gasteiger partial charge < -0.3 is 4.90 Å². The Morgan fingerprint density at radius 1 is 1.03 bits per heavy atom. The van der Waals surface area contributed by atoms with E-state index in [9.17, 15) is 13.2 Å². The lowest BCUT2D eigenvalue weighted by Crippen LogP contribution is -2.47. The van der Waals surface area contributed by atoms with Crippen molar-refractivity contribution in [2.75, 3.05) is 30.9 Å². The monoisotopic (exact) mass is 413 g/mol. The van der Waals surface area contributed by atoms with E-state index in [0.29, 0.717) is 18.8 Å². The Labute approximate surface area is 172 Å². The lowest BCUT2D eigenvalue weighted by Gasteiger charge is -2.34. The van der Waals surface area contributed by atoms with Crippen molar-refractivity contribution in [3.63, 3.8) is 0 Å². The molecule has 0 bridgehead atoms. The predicted molar refractivity (Wildman–Crippen MR) is 115 cm³/mol. The van der Waals surface area contributed by atoms with Gasteiger partial charge in [0.1, 0.15) is 0 Å². The Bertz CT molecular complexity index is 992. The standard InChI is InChI=1S/C22H27N3O3S/c1-4-22(26)25-13-11-24(12-14-25)16-19-6-8-20(9-7-19)23-29(27,28)21-10-5-17(2)18(3)15-21/h4-10,15,23H,1,11-14,16H2,2-3H3. The molecule has 0 spiro atoms. The van der Waals surface area contributed by atoms with Crippen LogP contribution in [0, 0.1) is 13.8 Å². The van der Waals surface area contributed by atoms with Crippen LogP contribution in [-0.2, 0) is 21.4 Å². The van der Waals surface area contributed by atoms with Gasteiger partial charge in [0.25, 0.3) is 10.0 Å². The van der Waals surface area contributed by atoms with Crippen molar-refractivity contribution in [1.29, 1.82) is 0 Å². The Balaban J connectivity index is 1.59. The molecule has 29 heavy (non-hydrogen) atoms. The molecule has 7 heteroatoms. The number of anilines is 1. The van der Waals surface area contributed by atoms with Crippen molar-refractivity contribution in [3.05, 3.63) is 71.8 Å². The van der Waals surface area contributed by atoms with E-state index in [1.165, 1.54) is 6.08 Å². The van der Waals surface area contributed by atoms with E-state index >= 15 is 0 Å². The molecule has 0 aliphatic carbocycles. The van der Waals surface area contributed by atoms with Crippen LogP contribution in [0.25, 0.3) is 0 Å². The van der Waals surface area contributed by atoms with Gasteiger partial charge in [-0.1, -0.05) is 24.8 Å². The maximum absolute atomic E-state index is 12.6. The summed E-state index contributed by atoms with van der Waals surface area (Å²) in [5.41, 5.74) is 3.64. The summed E-state index contributed by atoms with van der Waals surface area (Å²) < 4.78 is 27.9. The quantitative estimate of drug-likeness (QED) is 0.740.